The first-order valence-corrected chi connectivity index (χ1v) is 15.4. The lowest BCUT2D eigenvalue weighted by Gasteiger charge is -2.39. The second-order valence-corrected chi connectivity index (χ2v) is 12.6. The van der Waals surface area contributed by atoms with Gasteiger partial charge in [-0.1, -0.05) is 62.4 Å². The van der Waals surface area contributed by atoms with E-state index in [9.17, 15) is 19.5 Å². The van der Waals surface area contributed by atoms with Gasteiger partial charge in [-0.3, -0.25) is 9.59 Å². The molecule has 3 N–H and O–H groups in total. The highest BCUT2D eigenvalue weighted by atomic mass is 16.6. The molecule has 3 amide bonds. The molecule has 45 heavy (non-hydrogen) atoms. The summed E-state index contributed by atoms with van der Waals surface area (Å²) in [7, 11) is 1.56. The molecule has 0 spiro atoms. The number of ether oxygens (including phenoxy) is 2. The third-order valence-corrected chi connectivity index (χ3v) is 7.28. The Labute approximate surface area is 266 Å². The minimum absolute atomic E-state index is 0.124. The number of nitrogens with one attached hydrogen (secondary N) is 2. The molecule has 3 rings (SSSR count). The molecule has 3 atom stereocenters. The molecule has 9 nitrogen and oxygen atoms in total. The molecule has 0 bridgehead atoms. The van der Waals surface area contributed by atoms with Gasteiger partial charge in [0, 0.05) is 23.7 Å². The maximum atomic E-state index is 14.8. The number of para-hydroxylation sites is 1. The van der Waals surface area contributed by atoms with Gasteiger partial charge in [-0.05, 0) is 82.3 Å². The molecule has 9 heteroatoms. The van der Waals surface area contributed by atoms with Crippen molar-refractivity contribution in [1.82, 2.24) is 10.2 Å². The fourth-order valence-electron chi connectivity index (χ4n) is 5.01. The van der Waals surface area contributed by atoms with Gasteiger partial charge in [-0.25, -0.2) is 4.79 Å². The second-order valence-electron chi connectivity index (χ2n) is 12.6. The number of anilines is 1. The van der Waals surface area contributed by atoms with Crippen molar-refractivity contribution in [2.75, 3.05) is 12.4 Å². The lowest BCUT2D eigenvalue weighted by atomic mass is 9.95. The standard InChI is InChI=1S/C36H47N3O6/c1-24(2)17-18-25(3)39(34(42)30(23-26-13-9-8-10-14-26)38-35(43)45-36(4,5)6)32(29-15-11-12-16-31(29)40)33(41)37-27-19-21-28(44-7)22-20-27/h8-16,19-22,24-25,30,32,40H,17-18,23H2,1-7H3,(H,37,41)(H,38,43). The number of hydrogen-bond donors (Lipinski definition) is 3. The fourth-order valence-corrected chi connectivity index (χ4v) is 5.01. The summed E-state index contributed by atoms with van der Waals surface area (Å²) in [6.45, 7) is 11.3. The van der Waals surface area contributed by atoms with Crippen molar-refractivity contribution in [2.24, 2.45) is 5.92 Å². The van der Waals surface area contributed by atoms with Crippen LogP contribution >= 0.6 is 0 Å². The number of phenolic OH excluding ortho intramolecular Hbond substituents is 1. The number of nitrogens with zero attached hydrogens (tertiary/aromatic N) is 1. The van der Waals surface area contributed by atoms with Crippen molar-refractivity contribution in [3.63, 3.8) is 0 Å². The maximum absolute atomic E-state index is 14.8. The van der Waals surface area contributed by atoms with Crippen LogP contribution in [0, 0.1) is 5.92 Å². The summed E-state index contributed by atoms with van der Waals surface area (Å²) in [6.07, 6.45) is 0.808. The molecule has 0 aliphatic rings. The lowest BCUT2D eigenvalue weighted by molar-refractivity contribution is -0.143. The molecule has 0 aliphatic carbocycles. The maximum Gasteiger partial charge on any atom is 0.408 e. The van der Waals surface area contributed by atoms with Crippen LogP contribution in [0.1, 0.15) is 71.6 Å². The minimum Gasteiger partial charge on any atom is -0.508 e. The Balaban J connectivity index is 2.12. The predicted octanol–water partition coefficient (Wildman–Crippen LogP) is 6.87. The summed E-state index contributed by atoms with van der Waals surface area (Å²) in [5, 5.41) is 16.7. The topological polar surface area (TPSA) is 117 Å². The van der Waals surface area contributed by atoms with E-state index >= 15 is 0 Å². The molecule has 0 aromatic heterocycles. The molecule has 0 saturated heterocycles. The van der Waals surface area contributed by atoms with Gasteiger partial charge in [0.25, 0.3) is 5.91 Å². The van der Waals surface area contributed by atoms with Crippen LogP contribution < -0.4 is 15.4 Å². The third kappa shape index (κ3) is 10.6. The smallest absolute Gasteiger partial charge is 0.408 e. The van der Waals surface area contributed by atoms with Crippen LogP contribution in [-0.2, 0) is 20.7 Å². The first-order valence-electron chi connectivity index (χ1n) is 15.4. The average molecular weight is 618 g/mol. The molecule has 0 radical (unpaired) electrons. The zero-order valence-corrected chi connectivity index (χ0v) is 27.4. The Morgan fingerprint density at radius 1 is 0.867 bits per heavy atom. The van der Waals surface area contributed by atoms with Crippen molar-refractivity contribution in [3.8, 4) is 11.5 Å². The largest absolute Gasteiger partial charge is 0.508 e. The molecular formula is C36H47N3O6. The lowest BCUT2D eigenvalue weighted by Crippen LogP contribution is -2.55. The molecule has 0 saturated carbocycles. The van der Waals surface area contributed by atoms with Crippen LogP contribution in [-0.4, -0.2) is 52.7 Å². The molecule has 3 unspecified atom stereocenters. The zero-order chi connectivity index (χ0) is 33.1. The Morgan fingerprint density at radius 2 is 1.49 bits per heavy atom. The van der Waals surface area contributed by atoms with E-state index in [0.29, 0.717) is 23.8 Å². The van der Waals surface area contributed by atoms with E-state index in [4.69, 9.17) is 9.47 Å². The van der Waals surface area contributed by atoms with Crippen molar-refractivity contribution in [2.45, 2.75) is 84.5 Å². The van der Waals surface area contributed by atoms with E-state index < -0.39 is 41.6 Å². The van der Waals surface area contributed by atoms with Crippen molar-refractivity contribution in [3.05, 3.63) is 90.0 Å². The summed E-state index contributed by atoms with van der Waals surface area (Å²) < 4.78 is 10.8. The summed E-state index contributed by atoms with van der Waals surface area (Å²) in [5.41, 5.74) is 0.800. The monoisotopic (exact) mass is 617 g/mol. The van der Waals surface area contributed by atoms with Crippen molar-refractivity contribution >= 4 is 23.6 Å². The molecule has 0 aliphatic heterocycles. The number of methoxy groups -OCH3 is 1. The fraction of sp³-hybridized carbons (Fsp3) is 0.417. The third-order valence-electron chi connectivity index (χ3n) is 7.28. The van der Waals surface area contributed by atoms with Crippen LogP contribution in [0.25, 0.3) is 0 Å². The van der Waals surface area contributed by atoms with Crippen molar-refractivity contribution < 1.29 is 29.0 Å². The zero-order valence-electron chi connectivity index (χ0n) is 27.4. The Hall–Kier alpha value is -4.53. The van der Waals surface area contributed by atoms with Crippen LogP contribution in [0.5, 0.6) is 11.5 Å². The van der Waals surface area contributed by atoms with Crippen LogP contribution in [0.15, 0.2) is 78.9 Å². The van der Waals surface area contributed by atoms with Gasteiger partial charge in [0.05, 0.1) is 7.11 Å². The van der Waals surface area contributed by atoms with Crippen LogP contribution in [0.3, 0.4) is 0 Å². The van der Waals surface area contributed by atoms with Gasteiger partial charge < -0.3 is 30.1 Å². The highest BCUT2D eigenvalue weighted by Gasteiger charge is 2.40. The molecule has 0 fully saturated rings. The van der Waals surface area contributed by atoms with Gasteiger partial charge in [-0.2, -0.15) is 0 Å². The van der Waals surface area contributed by atoms with Gasteiger partial charge in [-0.15, -0.1) is 0 Å². The number of carbonyl (C=O) groups is 3. The predicted molar refractivity (Wildman–Crippen MR) is 176 cm³/mol. The van der Waals surface area contributed by atoms with E-state index in [1.807, 2.05) is 37.3 Å². The average Bonchev–Trinajstić information content (AvgIpc) is 2.98. The number of carbonyl (C=O) groups excluding carboxylic acids is 3. The number of benzene rings is 3. The van der Waals surface area contributed by atoms with Gasteiger partial charge in [0.1, 0.15) is 29.2 Å². The van der Waals surface area contributed by atoms with E-state index in [2.05, 4.69) is 24.5 Å². The number of amides is 3. The van der Waals surface area contributed by atoms with Crippen LogP contribution in [0.2, 0.25) is 0 Å². The first-order chi connectivity index (χ1) is 21.3. The van der Waals surface area contributed by atoms with Gasteiger partial charge in [0.2, 0.25) is 5.91 Å². The minimum atomic E-state index is -1.22. The van der Waals surface area contributed by atoms with Gasteiger partial charge in [0.15, 0.2) is 0 Å². The molecule has 3 aromatic carbocycles. The summed E-state index contributed by atoms with van der Waals surface area (Å²) in [6, 6.07) is 20.0. The van der Waals surface area contributed by atoms with Gasteiger partial charge >= 0.3 is 6.09 Å². The highest BCUT2D eigenvalue weighted by molar-refractivity contribution is 5.99. The van der Waals surface area contributed by atoms with E-state index in [-0.39, 0.29) is 17.7 Å². The van der Waals surface area contributed by atoms with E-state index in [1.54, 1.807) is 70.3 Å². The Kier molecular flexibility index (Phi) is 12.4. The summed E-state index contributed by atoms with van der Waals surface area (Å²) in [5.74, 6) is -0.135. The molecule has 3 aromatic rings. The molecule has 0 heterocycles. The highest BCUT2D eigenvalue weighted by Crippen LogP contribution is 2.34. The normalized spacial score (nSPS) is 13.3. The Morgan fingerprint density at radius 3 is 2.07 bits per heavy atom. The molecular weight excluding hydrogens is 570 g/mol. The second kappa shape index (κ2) is 16.0. The number of alkyl carbamates (subject to hydrolysis) is 1. The summed E-state index contributed by atoms with van der Waals surface area (Å²) >= 11 is 0. The number of aromatic hydroxyl groups is 1. The quantitative estimate of drug-likeness (QED) is 0.193. The van der Waals surface area contributed by atoms with Crippen molar-refractivity contribution in [1.29, 1.82) is 0 Å². The van der Waals surface area contributed by atoms with E-state index in [0.717, 1.165) is 12.0 Å². The number of rotatable bonds is 13. The number of phenols is 1. The first kappa shape index (κ1) is 35.0. The molecule has 242 valence electrons. The summed E-state index contributed by atoms with van der Waals surface area (Å²) in [4.78, 5) is 43.6. The van der Waals surface area contributed by atoms with Crippen LogP contribution in [0.4, 0.5) is 10.5 Å². The SMILES string of the molecule is COc1ccc(NC(=O)C(c2ccccc2O)N(C(=O)C(Cc2ccccc2)NC(=O)OC(C)(C)C)C(C)CCC(C)C)cc1. The number of hydrogen-bond acceptors (Lipinski definition) is 6. The Bertz CT molecular complexity index is 1400. The van der Waals surface area contributed by atoms with E-state index in [1.165, 1.54) is 11.0 Å².